The van der Waals surface area contributed by atoms with Gasteiger partial charge in [-0.15, -0.1) is 0 Å². The maximum atomic E-state index is 8.67. The molecule has 1 aliphatic carbocycles. The van der Waals surface area contributed by atoms with Gasteiger partial charge >= 0.3 is 0 Å². The minimum absolute atomic E-state index is 0.289. The van der Waals surface area contributed by atoms with Crippen molar-refractivity contribution < 1.29 is 9.84 Å². The first-order chi connectivity index (χ1) is 16.9. The minimum Gasteiger partial charge on any atom is -0.449 e. The van der Waals surface area contributed by atoms with E-state index in [-0.39, 0.29) is 5.82 Å². The first kappa shape index (κ1) is 25.5. The predicted molar refractivity (Wildman–Crippen MR) is 140 cm³/mol. The third kappa shape index (κ3) is 6.37. The molecule has 0 amide bonds. The lowest BCUT2D eigenvalue weighted by Gasteiger charge is -2.31. The molecule has 1 aromatic carbocycles. The van der Waals surface area contributed by atoms with Crippen LogP contribution in [0, 0.1) is 5.92 Å². The summed E-state index contributed by atoms with van der Waals surface area (Å²) in [6.45, 7) is 4.58. The average Bonchev–Trinajstić information content (AvgIpc) is 2.86. The van der Waals surface area contributed by atoms with Gasteiger partial charge in [-0.05, 0) is 76.6 Å². The molecule has 5 N–H and O–H groups in total. The summed E-state index contributed by atoms with van der Waals surface area (Å²) in [4.78, 5) is 15.0. The van der Waals surface area contributed by atoms with E-state index in [2.05, 4.69) is 51.2 Å². The summed E-state index contributed by atoms with van der Waals surface area (Å²) < 4.78 is 5.83. The van der Waals surface area contributed by atoms with Crippen molar-refractivity contribution in [3.05, 3.63) is 41.7 Å². The van der Waals surface area contributed by atoms with Crippen molar-refractivity contribution in [1.29, 1.82) is 0 Å². The quantitative estimate of drug-likeness (QED) is 0.604. The smallest absolute Gasteiger partial charge is 0.247 e. The van der Waals surface area contributed by atoms with E-state index >= 15 is 0 Å². The molecule has 3 aliphatic rings. The topological polar surface area (TPSA) is 123 Å². The fourth-order valence-corrected chi connectivity index (χ4v) is 5.26. The zero-order valence-electron chi connectivity index (χ0n) is 21.1. The number of nitrogens with two attached hydrogens (primary N) is 2. The highest BCUT2D eigenvalue weighted by atomic mass is 16.5. The molecule has 0 bridgehead atoms. The SMILES string of the molecule is CC1(N)Oc2ncnc(N)c2N=C1c1ccc(C2CCCCC2)cc1.CN1CCC(CCO)CC1. The maximum absolute atomic E-state index is 8.67. The molecule has 8 nitrogen and oxygen atoms in total. The van der Waals surface area contributed by atoms with Gasteiger partial charge in [0.2, 0.25) is 11.6 Å². The van der Waals surface area contributed by atoms with E-state index in [9.17, 15) is 0 Å². The monoisotopic (exact) mass is 480 g/mol. The zero-order chi connectivity index (χ0) is 24.8. The fourth-order valence-electron chi connectivity index (χ4n) is 5.26. The highest BCUT2D eigenvalue weighted by Crippen LogP contribution is 2.38. The van der Waals surface area contributed by atoms with Crippen molar-refractivity contribution in [2.75, 3.05) is 32.5 Å². The number of fused-ring (bicyclic) bond motifs is 1. The number of nitrogens with zero attached hydrogens (tertiary/aromatic N) is 4. The molecule has 8 heteroatoms. The normalized spacial score (nSPS) is 23.5. The summed E-state index contributed by atoms with van der Waals surface area (Å²) >= 11 is 0. The van der Waals surface area contributed by atoms with Crippen molar-refractivity contribution in [2.24, 2.45) is 16.6 Å². The molecule has 3 heterocycles. The van der Waals surface area contributed by atoms with Gasteiger partial charge in [0, 0.05) is 12.2 Å². The van der Waals surface area contributed by atoms with Gasteiger partial charge in [0.25, 0.3) is 0 Å². The molecule has 1 saturated carbocycles. The molecule has 1 unspecified atom stereocenters. The van der Waals surface area contributed by atoms with E-state index in [0.717, 1.165) is 17.9 Å². The van der Waals surface area contributed by atoms with Crippen molar-refractivity contribution in [1.82, 2.24) is 14.9 Å². The van der Waals surface area contributed by atoms with E-state index in [4.69, 9.17) is 21.3 Å². The molecule has 1 aromatic heterocycles. The van der Waals surface area contributed by atoms with E-state index < -0.39 is 5.72 Å². The molecule has 1 atom stereocenters. The van der Waals surface area contributed by atoms with E-state index in [1.54, 1.807) is 6.92 Å². The number of aromatic nitrogens is 2. The van der Waals surface area contributed by atoms with Crippen LogP contribution in [-0.4, -0.2) is 58.2 Å². The standard InChI is InChI=1S/C19H23N5O.C8H17NO/c1-19(21)16(24-15-17(20)22-11-23-18(15)25-19)14-9-7-13(8-10-14)12-5-3-2-4-6-12;1-9-5-2-8(3-6-9)4-7-10/h7-12H,2-6,21H2,1H3,(H2,20,22,23);8,10H,2-7H2,1H3. The number of nitrogen functional groups attached to an aromatic ring is 1. The van der Waals surface area contributed by atoms with Crippen LogP contribution in [0.25, 0.3) is 0 Å². The molecule has 0 spiro atoms. The molecule has 2 fully saturated rings. The Hall–Kier alpha value is -2.55. The molecule has 2 aromatic rings. The number of aliphatic hydroxyl groups excluding tert-OH is 1. The fraction of sp³-hybridized carbons (Fsp3) is 0.593. The van der Waals surface area contributed by atoms with Gasteiger partial charge in [-0.3, -0.25) is 5.73 Å². The van der Waals surface area contributed by atoms with Gasteiger partial charge in [0.1, 0.15) is 12.0 Å². The van der Waals surface area contributed by atoms with Crippen LogP contribution in [-0.2, 0) is 0 Å². The van der Waals surface area contributed by atoms with Crippen LogP contribution in [0.15, 0.2) is 35.6 Å². The van der Waals surface area contributed by atoms with Crippen LogP contribution >= 0.6 is 0 Å². The Morgan fingerprint density at radius 3 is 2.40 bits per heavy atom. The Morgan fingerprint density at radius 2 is 1.74 bits per heavy atom. The number of hydrogen-bond acceptors (Lipinski definition) is 8. The number of aliphatic hydroxyl groups is 1. The van der Waals surface area contributed by atoms with Gasteiger partial charge in [0.05, 0.1) is 0 Å². The zero-order valence-corrected chi connectivity index (χ0v) is 21.1. The summed E-state index contributed by atoms with van der Waals surface area (Å²) in [5, 5.41) is 8.67. The molecular formula is C27H40N6O2. The van der Waals surface area contributed by atoms with Crippen LogP contribution in [0.5, 0.6) is 5.88 Å². The van der Waals surface area contributed by atoms with Crippen molar-refractivity contribution in [3.8, 4) is 5.88 Å². The van der Waals surface area contributed by atoms with Crippen molar-refractivity contribution >= 4 is 17.2 Å². The summed E-state index contributed by atoms with van der Waals surface area (Å²) in [6, 6.07) is 8.51. The molecule has 5 rings (SSSR count). The van der Waals surface area contributed by atoms with Crippen molar-refractivity contribution in [3.63, 3.8) is 0 Å². The number of benzene rings is 1. The lowest BCUT2D eigenvalue weighted by atomic mass is 9.83. The van der Waals surface area contributed by atoms with Gasteiger partial charge in [-0.1, -0.05) is 43.5 Å². The molecule has 35 heavy (non-hydrogen) atoms. The molecule has 190 valence electrons. The van der Waals surface area contributed by atoms with Crippen LogP contribution < -0.4 is 16.2 Å². The number of hydrogen-bond donors (Lipinski definition) is 3. The molecule has 1 saturated heterocycles. The second-order valence-corrected chi connectivity index (χ2v) is 10.3. The Labute approximate surface area is 208 Å². The largest absolute Gasteiger partial charge is 0.449 e. The third-order valence-corrected chi connectivity index (χ3v) is 7.46. The van der Waals surface area contributed by atoms with E-state index in [1.807, 2.05) is 0 Å². The number of anilines is 1. The highest BCUT2D eigenvalue weighted by Gasteiger charge is 2.36. The lowest BCUT2D eigenvalue weighted by molar-refractivity contribution is 0.158. The van der Waals surface area contributed by atoms with Crippen LogP contribution in [0.2, 0.25) is 0 Å². The van der Waals surface area contributed by atoms with Gasteiger partial charge in [-0.2, -0.15) is 4.98 Å². The minimum atomic E-state index is -1.07. The van der Waals surface area contributed by atoms with Gasteiger partial charge in [0.15, 0.2) is 11.5 Å². The molecular weight excluding hydrogens is 440 g/mol. The first-order valence-corrected chi connectivity index (χ1v) is 12.9. The molecule has 0 radical (unpaired) electrons. The van der Waals surface area contributed by atoms with Crippen LogP contribution in [0.1, 0.15) is 75.3 Å². The Morgan fingerprint density at radius 1 is 1.06 bits per heavy atom. The second kappa shape index (κ2) is 11.5. The number of rotatable bonds is 4. The summed E-state index contributed by atoms with van der Waals surface area (Å²) in [6.07, 6.45) is 11.5. The van der Waals surface area contributed by atoms with E-state index in [1.165, 1.54) is 69.9 Å². The lowest BCUT2D eigenvalue weighted by Crippen LogP contribution is -2.52. The number of ether oxygens (including phenoxy) is 1. The first-order valence-electron chi connectivity index (χ1n) is 12.9. The number of likely N-dealkylation sites (tertiary alicyclic amines) is 1. The second-order valence-electron chi connectivity index (χ2n) is 10.3. The predicted octanol–water partition coefficient (Wildman–Crippen LogP) is 4.01. The third-order valence-electron chi connectivity index (χ3n) is 7.46. The van der Waals surface area contributed by atoms with Crippen LogP contribution in [0.3, 0.4) is 0 Å². The Balaban J connectivity index is 0.000000243. The summed E-state index contributed by atoms with van der Waals surface area (Å²) in [5.74, 6) is 2.07. The summed E-state index contributed by atoms with van der Waals surface area (Å²) in [5.41, 5.74) is 14.6. The van der Waals surface area contributed by atoms with Crippen molar-refractivity contribution in [2.45, 2.75) is 69.9 Å². The number of piperidine rings is 1. The molecule has 2 aliphatic heterocycles. The highest BCUT2D eigenvalue weighted by molar-refractivity contribution is 6.09. The maximum Gasteiger partial charge on any atom is 0.247 e. The Kier molecular flexibility index (Phi) is 8.36. The van der Waals surface area contributed by atoms with Gasteiger partial charge in [-0.25, -0.2) is 9.98 Å². The number of aliphatic imine (C=N–C) groups is 1. The Bertz CT molecular complexity index is 993. The van der Waals surface area contributed by atoms with Crippen LogP contribution in [0.4, 0.5) is 11.5 Å². The summed E-state index contributed by atoms with van der Waals surface area (Å²) in [7, 11) is 2.16. The van der Waals surface area contributed by atoms with E-state index in [0.29, 0.717) is 29.8 Å². The average molecular weight is 481 g/mol. The van der Waals surface area contributed by atoms with Gasteiger partial charge < -0.3 is 20.5 Å².